The van der Waals surface area contributed by atoms with Crippen molar-refractivity contribution in [1.82, 2.24) is 0 Å². The van der Waals surface area contributed by atoms with Gasteiger partial charge < -0.3 is 9.47 Å². The van der Waals surface area contributed by atoms with Crippen LogP contribution in [0.5, 0.6) is 5.75 Å². The topological polar surface area (TPSA) is 59.3 Å². The Kier molecular flexibility index (Phi) is 5.39. The molecule has 94 valence electrons. The van der Waals surface area contributed by atoms with Gasteiger partial charge in [0, 0.05) is 6.08 Å². The number of hydrogen-bond acceptors (Lipinski definition) is 4. The van der Waals surface area contributed by atoms with Crippen molar-refractivity contribution < 1.29 is 18.7 Å². The summed E-state index contributed by atoms with van der Waals surface area (Å²) in [6, 6.07) is 6.18. The molecule has 0 aliphatic carbocycles. The van der Waals surface area contributed by atoms with E-state index in [1.54, 1.807) is 6.07 Å². The first kappa shape index (κ1) is 13.7. The van der Waals surface area contributed by atoms with E-state index in [4.69, 9.17) is 14.7 Å². The summed E-state index contributed by atoms with van der Waals surface area (Å²) in [5.41, 5.74) is 0.519. The van der Waals surface area contributed by atoms with Gasteiger partial charge in [0.15, 0.2) is 11.6 Å². The van der Waals surface area contributed by atoms with Crippen LogP contribution in [0.25, 0.3) is 6.08 Å². The third-order valence-corrected chi connectivity index (χ3v) is 2.05. The number of nitriles is 1. The predicted octanol–water partition coefficient (Wildman–Crippen LogP) is 2.30. The van der Waals surface area contributed by atoms with E-state index in [2.05, 4.69) is 0 Å². The van der Waals surface area contributed by atoms with Crippen molar-refractivity contribution in [2.24, 2.45) is 0 Å². The molecule has 0 aliphatic heterocycles. The van der Waals surface area contributed by atoms with Gasteiger partial charge in [0.25, 0.3) is 0 Å². The van der Waals surface area contributed by atoms with Crippen LogP contribution in [-0.4, -0.2) is 19.7 Å². The van der Waals surface area contributed by atoms with Crippen LogP contribution >= 0.6 is 0 Å². The summed E-state index contributed by atoms with van der Waals surface area (Å²) in [4.78, 5) is 11.2. The average molecular weight is 249 g/mol. The molecular weight excluding hydrogens is 237 g/mol. The second kappa shape index (κ2) is 7.07. The average Bonchev–Trinajstić information content (AvgIpc) is 2.37. The Balaban J connectivity index is 2.59. The number of hydrogen-bond donors (Lipinski definition) is 0. The lowest BCUT2D eigenvalue weighted by Gasteiger charge is -2.02. The maximum absolute atomic E-state index is 13.3. The second-order valence-electron chi connectivity index (χ2n) is 3.30. The van der Waals surface area contributed by atoms with Gasteiger partial charge in [-0.1, -0.05) is 6.07 Å². The van der Waals surface area contributed by atoms with E-state index >= 15 is 0 Å². The highest BCUT2D eigenvalue weighted by Crippen LogP contribution is 2.18. The number of benzene rings is 1. The molecule has 0 saturated carbocycles. The summed E-state index contributed by atoms with van der Waals surface area (Å²) in [5.74, 6) is -0.928. The first-order valence-corrected chi connectivity index (χ1v) is 5.22. The largest absolute Gasteiger partial charge is 0.494 e. The molecule has 0 amide bonds. The first-order valence-electron chi connectivity index (χ1n) is 5.22. The lowest BCUT2D eigenvalue weighted by Crippen LogP contribution is -2.01. The van der Waals surface area contributed by atoms with E-state index in [0.29, 0.717) is 5.56 Å². The Morgan fingerprint density at radius 2 is 2.33 bits per heavy atom. The van der Waals surface area contributed by atoms with E-state index in [-0.39, 0.29) is 18.8 Å². The Bertz CT molecular complexity index is 491. The summed E-state index contributed by atoms with van der Waals surface area (Å²) < 4.78 is 22.8. The normalized spacial score (nSPS) is 10.1. The van der Waals surface area contributed by atoms with Gasteiger partial charge in [-0.2, -0.15) is 5.26 Å². The minimum Gasteiger partial charge on any atom is -0.494 e. The number of halogens is 1. The third-order valence-electron chi connectivity index (χ3n) is 2.05. The van der Waals surface area contributed by atoms with Gasteiger partial charge in [-0.3, -0.25) is 0 Å². The van der Waals surface area contributed by atoms with Crippen LogP contribution < -0.4 is 4.74 Å². The highest BCUT2D eigenvalue weighted by Gasteiger charge is 2.02. The Labute approximate surface area is 104 Å². The highest BCUT2D eigenvalue weighted by atomic mass is 19.1. The molecule has 18 heavy (non-hydrogen) atoms. The van der Waals surface area contributed by atoms with Crippen molar-refractivity contribution in [2.45, 2.75) is 6.42 Å². The van der Waals surface area contributed by atoms with Gasteiger partial charge in [-0.05, 0) is 23.8 Å². The quantitative estimate of drug-likeness (QED) is 0.456. The van der Waals surface area contributed by atoms with Gasteiger partial charge in [-0.25, -0.2) is 9.18 Å². The van der Waals surface area contributed by atoms with Crippen molar-refractivity contribution >= 4 is 12.0 Å². The molecular formula is C13H12FNO3. The fourth-order valence-electron chi connectivity index (χ4n) is 1.20. The van der Waals surface area contributed by atoms with Crippen molar-refractivity contribution in [3.05, 3.63) is 35.7 Å². The number of carbonyl (C=O) groups is 1. The highest BCUT2D eigenvalue weighted by molar-refractivity contribution is 5.87. The molecule has 0 aliphatic rings. The molecule has 1 rings (SSSR count). The molecule has 0 fully saturated rings. The van der Waals surface area contributed by atoms with Crippen LogP contribution in [-0.2, 0) is 9.53 Å². The predicted molar refractivity (Wildman–Crippen MR) is 63.2 cm³/mol. The van der Waals surface area contributed by atoms with Crippen molar-refractivity contribution in [3.63, 3.8) is 0 Å². The number of ether oxygens (including phenoxy) is 2. The van der Waals surface area contributed by atoms with E-state index < -0.39 is 11.8 Å². The molecule has 1 aromatic rings. The van der Waals surface area contributed by atoms with Crippen molar-refractivity contribution in [2.75, 3.05) is 13.7 Å². The van der Waals surface area contributed by atoms with Crippen molar-refractivity contribution in [1.29, 1.82) is 5.26 Å². The molecule has 0 spiro atoms. The minimum atomic E-state index is -0.568. The molecule has 0 saturated heterocycles. The molecule has 0 bridgehead atoms. The van der Waals surface area contributed by atoms with Gasteiger partial charge in [0.2, 0.25) is 0 Å². The summed E-state index contributed by atoms with van der Waals surface area (Å²) in [6.45, 7) is 0.0522. The zero-order chi connectivity index (χ0) is 13.4. The second-order valence-corrected chi connectivity index (χ2v) is 3.30. The Morgan fingerprint density at radius 3 is 2.94 bits per heavy atom. The molecule has 0 atom stereocenters. The van der Waals surface area contributed by atoms with E-state index in [9.17, 15) is 9.18 Å². The fourth-order valence-corrected chi connectivity index (χ4v) is 1.20. The monoisotopic (exact) mass is 249 g/mol. The summed E-state index contributed by atoms with van der Waals surface area (Å²) in [7, 11) is 1.38. The maximum atomic E-state index is 13.3. The first-order chi connectivity index (χ1) is 8.67. The van der Waals surface area contributed by atoms with Crippen LogP contribution in [0, 0.1) is 17.1 Å². The molecule has 1 aromatic carbocycles. The van der Waals surface area contributed by atoms with Gasteiger partial charge in [-0.15, -0.1) is 0 Å². The Hall–Kier alpha value is -2.35. The molecule has 0 aromatic heterocycles. The maximum Gasteiger partial charge on any atom is 0.330 e. The Morgan fingerprint density at radius 1 is 1.56 bits per heavy atom. The molecule has 0 N–H and O–H groups in total. The third kappa shape index (κ3) is 4.26. The van der Waals surface area contributed by atoms with Crippen LogP contribution in [0.15, 0.2) is 24.3 Å². The lowest BCUT2D eigenvalue weighted by molar-refractivity contribution is -0.137. The minimum absolute atomic E-state index is 0.0522. The number of rotatable bonds is 5. The smallest absolute Gasteiger partial charge is 0.330 e. The standard InChI is InChI=1S/C13H12FNO3/c1-17-12-5-3-10(9-11(12)14)4-6-13(16)18-8-2-7-15/h3-6,9H,2,8H2,1H3/b6-4+. The van der Waals surface area contributed by atoms with Crippen LogP contribution in [0.3, 0.4) is 0 Å². The van der Waals surface area contributed by atoms with Crippen LogP contribution in [0.4, 0.5) is 4.39 Å². The molecule has 4 nitrogen and oxygen atoms in total. The van der Waals surface area contributed by atoms with E-state index in [1.165, 1.54) is 31.4 Å². The van der Waals surface area contributed by atoms with Gasteiger partial charge in [0.05, 0.1) is 19.6 Å². The zero-order valence-corrected chi connectivity index (χ0v) is 9.85. The lowest BCUT2D eigenvalue weighted by atomic mass is 10.2. The molecule has 5 heteroatoms. The van der Waals surface area contributed by atoms with Gasteiger partial charge in [0.1, 0.15) is 6.61 Å². The number of carbonyl (C=O) groups excluding carboxylic acids is 1. The van der Waals surface area contributed by atoms with Gasteiger partial charge >= 0.3 is 5.97 Å². The van der Waals surface area contributed by atoms with Crippen molar-refractivity contribution in [3.8, 4) is 11.8 Å². The summed E-state index contributed by atoms with van der Waals surface area (Å²) in [6.07, 6.45) is 2.76. The molecule has 0 radical (unpaired) electrons. The van der Waals surface area contributed by atoms with Crippen LogP contribution in [0.2, 0.25) is 0 Å². The van der Waals surface area contributed by atoms with Crippen LogP contribution in [0.1, 0.15) is 12.0 Å². The number of nitrogens with zero attached hydrogens (tertiary/aromatic N) is 1. The molecule has 0 heterocycles. The number of esters is 1. The SMILES string of the molecule is COc1ccc(/C=C/C(=O)OCCC#N)cc1F. The fraction of sp³-hybridized carbons (Fsp3) is 0.231. The van der Waals surface area contributed by atoms with E-state index in [1.807, 2.05) is 6.07 Å². The van der Waals surface area contributed by atoms with E-state index in [0.717, 1.165) is 0 Å². The molecule has 0 unspecified atom stereocenters. The zero-order valence-electron chi connectivity index (χ0n) is 9.85. The summed E-state index contributed by atoms with van der Waals surface area (Å²) >= 11 is 0. The number of methoxy groups -OCH3 is 1. The summed E-state index contributed by atoms with van der Waals surface area (Å²) in [5, 5.41) is 8.25.